The number of carbonyl (C=O) groups is 1. The summed E-state index contributed by atoms with van der Waals surface area (Å²) in [4.78, 5) is 11.4. The highest BCUT2D eigenvalue weighted by molar-refractivity contribution is 6.35. The number of rotatable bonds is 5. The Hall–Kier alpha value is -0.970. The van der Waals surface area contributed by atoms with E-state index in [1.807, 2.05) is 0 Å². The molecule has 0 saturated carbocycles. The molecule has 1 atom stereocenters. The van der Waals surface area contributed by atoms with Gasteiger partial charge in [-0.3, -0.25) is 0 Å². The number of halogens is 2. The monoisotopic (exact) mass is 278 g/mol. The summed E-state index contributed by atoms with van der Waals surface area (Å²) in [6.45, 7) is 1.26. The zero-order valence-corrected chi connectivity index (χ0v) is 10.7. The quantitative estimate of drug-likeness (QED) is 0.840. The van der Waals surface area contributed by atoms with E-state index in [0.29, 0.717) is 15.8 Å². The van der Waals surface area contributed by atoms with Crippen molar-refractivity contribution in [2.75, 3.05) is 13.2 Å². The Morgan fingerprint density at radius 2 is 2.18 bits per heavy atom. The van der Waals surface area contributed by atoms with Crippen LogP contribution in [0.25, 0.3) is 0 Å². The second kappa shape index (κ2) is 6.69. The molecule has 1 aromatic rings. The molecule has 0 aliphatic carbocycles. The van der Waals surface area contributed by atoms with Crippen LogP contribution in [0.4, 0.5) is 0 Å². The fourth-order valence-corrected chi connectivity index (χ4v) is 1.53. The maximum Gasteiger partial charge on any atom is 0.347 e. The molecule has 1 N–H and O–H groups in total. The lowest BCUT2D eigenvalue weighted by Gasteiger charge is -2.14. The first-order chi connectivity index (χ1) is 8.04. The Kier molecular flexibility index (Phi) is 5.55. The van der Waals surface area contributed by atoms with Crippen molar-refractivity contribution in [3.05, 3.63) is 28.2 Å². The lowest BCUT2D eigenvalue weighted by atomic mass is 10.3. The minimum atomic E-state index is -0.805. The van der Waals surface area contributed by atoms with E-state index in [4.69, 9.17) is 37.8 Å². The summed E-state index contributed by atoms with van der Waals surface area (Å²) in [5.74, 6) is -0.213. The molecule has 0 aliphatic rings. The molecule has 0 bridgehead atoms. The summed E-state index contributed by atoms with van der Waals surface area (Å²) in [5, 5.41) is 9.31. The standard InChI is InChI=1S/C11H12Cl2O4/c1-7(11(15)16-5-4-14)17-10-3-2-8(12)6-9(10)13/h2-3,6-7,14H,4-5H2,1H3. The molecule has 0 aliphatic heterocycles. The summed E-state index contributed by atoms with van der Waals surface area (Å²) < 4.78 is 10.0. The van der Waals surface area contributed by atoms with Crippen LogP contribution >= 0.6 is 23.2 Å². The van der Waals surface area contributed by atoms with Gasteiger partial charge in [-0.05, 0) is 25.1 Å². The van der Waals surface area contributed by atoms with Crippen LogP contribution in [0.15, 0.2) is 18.2 Å². The number of esters is 1. The van der Waals surface area contributed by atoms with E-state index in [1.54, 1.807) is 12.1 Å². The molecular formula is C11H12Cl2O4. The van der Waals surface area contributed by atoms with Crippen LogP contribution in [0.2, 0.25) is 10.0 Å². The number of aliphatic hydroxyl groups is 1. The predicted octanol–water partition coefficient (Wildman–Crippen LogP) is 2.30. The minimum Gasteiger partial charge on any atom is -0.477 e. The first-order valence-corrected chi connectivity index (χ1v) is 5.69. The summed E-state index contributed by atoms with van der Waals surface area (Å²) in [6, 6.07) is 4.69. The summed E-state index contributed by atoms with van der Waals surface area (Å²) in [5.41, 5.74) is 0. The summed E-state index contributed by atoms with van der Waals surface area (Å²) >= 11 is 11.6. The van der Waals surface area contributed by atoms with Gasteiger partial charge in [-0.1, -0.05) is 23.2 Å². The molecule has 0 saturated heterocycles. The van der Waals surface area contributed by atoms with Gasteiger partial charge in [-0.2, -0.15) is 0 Å². The maximum absolute atomic E-state index is 11.4. The normalized spacial score (nSPS) is 12.0. The van der Waals surface area contributed by atoms with Gasteiger partial charge in [0.15, 0.2) is 6.10 Å². The number of hydrogen-bond acceptors (Lipinski definition) is 4. The zero-order valence-electron chi connectivity index (χ0n) is 9.15. The van der Waals surface area contributed by atoms with Crippen molar-refractivity contribution in [1.29, 1.82) is 0 Å². The molecule has 0 amide bonds. The van der Waals surface area contributed by atoms with Crippen LogP contribution in [-0.4, -0.2) is 30.4 Å². The molecule has 0 radical (unpaired) electrons. The van der Waals surface area contributed by atoms with Gasteiger partial charge in [0.25, 0.3) is 0 Å². The van der Waals surface area contributed by atoms with Gasteiger partial charge in [0.2, 0.25) is 0 Å². The molecule has 4 nitrogen and oxygen atoms in total. The fourth-order valence-electron chi connectivity index (χ4n) is 1.07. The molecule has 17 heavy (non-hydrogen) atoms. The van der Waals surface area contributed by atoms with E-state index in [0.717, 1.165) is 0 Å². The molecule has 1 rings (SSSR count). The minimum absolute atomic E-state index is 0.0547. The topological polar surface area (TPSA) is 55.8 Å². The Balaban J connectivity index is 2.61. The van der Waals surface area contributed by atoms with Crippen LogP contribution in [0, 0.1) is 0 Å². The molecule has 0 spiro atoms. The van der Waals surface area contributed by atoms with Crippen molar-refractivity contribution in [3.63, 3.8) is 0 Å². The van der Waals surface area contributed by atoms with Gasteiger partial charge in [-0.15, -0.1) is 0 Å². The van der Waals surface area contributed by atoms with E-state index in [1.165, 1.54) is 13.0 Å². The van der Waals surface area contributed by atoms with Crippen LogP contribution in [0.3, 0.4) is 0 Å². The second-order valence-electron chi connectivity index (χ2n) is 3.23. The van der Waals surface area contributed by atoms with Crippen LogP contribution < -0.4 is 4.74 Å². The van der Waals surface area contributed by atoms with E-state index in [9.17, 15) is 4.79 Å². The largest absolute Gasteiger partial charge is 0.477 e. The molecule has 0 aromatic heterocycles. The van der Waals surface area contributed by atoms with Crippen molar-refractivity contribution < 1.29 is 19.4 Å². The Labute approximate surface area is 109 Å². The van der Waals surface area contributed by atoms with Crippen LogP contribution in [-0.2, 0) is 9.53 Å². The Bertz CT molecular complexity index is 395. The van der Waals surface area contributed by atoms with Gasteiger partial charge in [0, 0.05) is 5.02 Å². The smallest absolute Gasteiger partial charge is 0.347 e. The van der Waals surface area contributed by atoms with Gasteiger partial charge in [0.05, 0.1) is 11.6 Å². The highest BCUT2D eigenvalue weighted by atomic mass is 35.5. The molecule has 1 aromatic carbocycles. The van der Waals surface area contributed by atoms with Crippen molar-refractivity contribution in [3.8, 4) is 5.75 Å². The SMILES string of the molecule is CC(Oc1ccc(Cl)cc1Cl)C(=O)OCCO. The third-order valence-electron chi connectivity index (χ3n) is 1.87. The first-order valence-electron chi connectivity index (χ1n) is 4.94. The van der Waals surface area contributed by atoms with Gasteiger partial charge < -0.3 is 14.6 Å². The average molecular weight is 279 g/mol. The van der Waals surface area contributed by atoms with E-state index < -0.39 is 12.1 Å². The summed E-state index contributed by atoms with van der Waals surface area (Å²) in [7, 11) is 0. The van der Waals surface area contributed by atoms with E-state index in [-0.39, 0.29) is 13.2 Å². The number of hydrogen-bond donors (Lipinski definition) is 1. The van der Waals surface area contributed by atoms with Crippen molar-refractivity contribution in [2.24, 2.45) is 0 Å². The number of aliphatic hydroxyl groups excluding tert-OH is 1. The van der Waals surface area contributed by atoms with Crippen molar-refractivity contribution >= 4 is 29.2 Å². The number of carbonyl (C=O) groups excluding carboxylic acids is 1. The highest BCUT2D eigenvalue weighted by Crippen LogP contribution is 2.28. The lowest BCUT2D eigenvalue weighted by molar-refractivity contribution is -0.152. The zero-order chi connectivity index (χ0) is 12.8. The molecule has 94 valence electrons. The van der Waals surface area contributed by atoms with Gasteiger partial charge in [0.1, 0.15) is 12.4 Å². The average Bonchev–Trinajstić information content (AvgIpc) is 2.29. The van der Waals surface area contributed by atoms with Crippen molar-refractivity contribution in [2.45, 2.75) is 13.0 Å². The third-order valence-corrected chi connectivity index (χ3v) is 2.40. The summed E-state index contributed by atoms with van der Waals surface area (Å²) in [6.07, 6.45) is -0.805. The molecule has 6 heteroatoms. The van der Waals surface area contributed by atoms with Gasteiger partial charge >= 0.3 is 5.97 Å². The first kappa shape index (κ1) is 14.1. The highest BCUT2D eigenvalue weighted by Gasteiger charge is 2.17. The Morgan fingerprint density at radius 1 is 1.47 bits per heavy atom. The molecule has 1 unspecified atom stereocenters. The fraction of sp³-hybridized carbons (Fsp3) is 0.364. The van der Waals surface area contributed by atoms with Crippen LogP contribution in [0.1, 0.15) is 6.92 Å². The van der Waals surface area contributed by atoms with Gasteiger partial charge in [-0.25, -0.2) is 4.79 Å². The Morgan fingerprint density at radius 3 is 2.76 bits per heavy atom. The predicted molar refractivity (Wildman–Crippen MR) is 64.6 cm³/mol. The van der Waals surface area contributed by atoms with E-state index >= 15 is 0 Å². The van der Waals surface area contributed by atoms with E-state index in [2.05, 4.69) is 0 Å². The van der Waals surface area contributed by atoms with Crippen LogP contribution in [0.5, 0.6) is 5.75 Å². The lowest BCUT2D eigenvalue weighted by Crippen LogP contribution is -2.27. The molecule has 0 heterocycles. The number of benzene rings is 1. The number of ether oxygens (including phenoxy) is 2. The maximum atomic E-state index is 11.4. The molecular weight excluding hydrogens is 267 g/mol. The molecule has 0 fully saturated rings. The second-order valence-corrected chi connectivity index (χ2v) is 4.07. The van der Waals surface area contributed by atoms with Crippen molar-refractivity contribution in [1.82, 2.24) is 0 Å². The third kappa shape index (κ3) is 4.42.